The fraction of sp³-hybridized carbons (Fsp3) is 0.360. The molecule has 12 nitrogen and oxygen atoms in total. The number of thioether (sulfide) groups is 20. The molecule has 2 aromatic rings. The van der Waals surface area contributed by atoms with Gasteiger partial charge in [0.1, 0.15) is 0 Å². The third-order valence-electron chi connectivity index (χ3n) is 10.4. The van der Waals surface area contributed by atoms with Crippen molar-refractivity contribution in [3.8, 4) is 0 Å². The van der Waals surface area contributed by atoms with Crippen LogP contribution in [-0.2, 0) is 57.5 Å². The molecule has 0 radical (unpaired) electrons. The Labute approximate surface area is 724 Å². The second-order valence-corrected chi connectivity index (χ2v) is 41.0. The van der Waals surface area contributed by atoms with Crippen LogP contribution in [0.15, 0.2) is 221 Å². The van der Waals surface area contributed by atoms with E-state index in [1.165, 1.54) is 197 Å². The maximum Gasteiger partial charge on any atom is 0.216 e. The first-order chi connectivity index (χ1) is 51.4. The minimum Gasteiger partial charge on any atom is -0.295 e. The fourth-order valence-corrected chi connectivity index (χ4v) is 23.8. The highest BCUT2D eigenvalue weighted by Crippen LogP contribution is 2.29. The number of ketones is 1. The number of carbonyl (C=O) groups is 12. The molecular formula is C75H100O12S20. The summed E-state index contributed by atoms with van der Waals surface area (Å²) >= 11 is 30.6. The Balaban J connectivity index is -0.000000402. The van der Waals surface area contributed by atoms with Crippen LogP contribution in [0.25, 0.3) is 0 Å². The van der Waals surface area contributed by atoms with Gasteiger partial charge in [0.15, 0.2) is 5.78 Å². The molecule has 107 heavy (non-hydrogen) atoms. The Kier molecular flexibility index (Phi) is 92.4. The van der Waals surface area contributed by atoms with E-state index in [0.29, 0.717) is 34.5 Å². The van der Waals surface area contributed by atoms with Gasteiger partial charge >= 0.3 is 0 Å². The first kappa shape index (κ1) is 114. The van der Waals surface area contributed by atoms with Gasteiger partial charge in [-0.25, -0.2) is 0 Å². The SMILES string of the molecule is C=CC(=O)SCCSC(=O)C=C.C=CC(=O)SCCSC(CSCC(CSC(=O)C=C)SCCSC(=O)C=C)CSC(=O)C=C.C=CC(=O)SCCSCCSC(=O)C=C.C=CC(=O)Sc1ccc(SC(=O)C=C)cc1.C=CC(=O)Sc1ccccc1.C=CC(C)=O.CSCCSCC(CSC)SCCSC. The van der Waals surface area contributed by atoms with E-state index in [2.05, 4.69) is 121 Å². The van der Waals surface area contributed by atoms with Crippen molar-refractivity contribution in [2.75, 3.05) is 134 Å². The van der Waals surface area contributed by atoms with Crippen molar-refractivity contribution in [3.63, 3.8) is 0 Å². The Morgan fingerprint density at radius 1 is 0.262 bits per heavy atom. The van der Waals surface area contributed by atoms with Gasteiger partial charge in [-0.3, -0.25) is 57.5 Å². The monoisotopic (exact) mass is 1830 g/mol. The molecule has 592 valence electrons. The van der Waals surface area contributed by atoms with Crippen molar-refractivity contribution in [1.29, 1.82) is 0 Å². The van der Waals surface area contributed by atoms with Crippen LogP contribution in [-0.4, -0.2) is 212 Å². The summed E-state index contributed by atoms with van der Waals surface area (Å²) in [6.45, 7) is 42.3. The number of allylic oxidation sites excluding steroid dienone is 1. The number of hydrogen-bond acceptors (Lipinski definition) is 32. The quantitative estimate of drug-likeness (QED) is 0.0343. The molecule has 0 fully saturated rings. The summed E-state index contributed by atoms with van der Waals surface area (Å²) in [5, 5.41) is 0.966. The second kappa shape index (κ2) is 86.8. The Bertz CT molecular complexity index is 2860. The first-order valence-electron chi connectivity index (χ1n) is 31.6. The van der Waals surface area contributed by atoms with Crippen molar-refractivity contribution in [1.82, 2.24) is 0 Å². The highest BCUT2D eigenvalue weighted by atomic mass is 32.2. The molecule has 0 heterocycles. The topological polar surface area (TPSA) is 205 Å². The van der Waals surface area contributed by atoms with Gasteiger partial charge in [0.05, 0.1) is 0 Å². The highest BCUT2D eigenvalue weighted by Gasteiger charge is 2.17. The molecule has 0 saturated carbocycles. The first-order valence-corrected chi connectivity index (χ1v) is 52.7. The second-order valence-electron chi connectivity index (χ2n) is 18.5. The molecule has 0 spiro atoms. The van der Waals surface area contributed by atoms with E-state index in [1.807, 2.05) is 65.6 Å². The molecule has 0 amide bonds. The molecule has 0 N–H and O–H groups in total. The average Bonchev–Trinajstić information content (AvgIpc) is 0.903. The predicted octanol–water partition coefficient (Wildman–Crippen LogP) is 20.7. The van der Waals surface area contributed by atoms with Crippen LogP contribution in [0.2, 0.25) is 0 Å². The third-order valence-corrected chi connectivity index (χ3v) is 32.4. The van der Waals surface area contributed by atoms with Crippen LogP contribution in [0.1, 0.15) is 6.92 Å². The molecule has 0 aliphatic heterocycles. The average molecular weight is 1830 g/mol. The molecule has 2 aromatic carbocycles. The predicted molar refractivity (Wildman–Crippen MR) is 514 cm³/mol. The van der Waals surface area contributed by atoms with E-state index >= 15 is 0 Å². The lowest BCUT2D eigenvalue weighted by Gasteiger charge is -2.19. The molecule has 32 heteroatoms. The van der Waals surface area contributed by atoms with E-state index in [-0.39, 0.29) is 72.6 Å². The maximum absolute atomic E-state index is 11.6. The van der Waals surface area contributed by atoms with Gasteiger partial charge in [-0.1, -0.05) is 191 Å². The Morgan fingerprint density at radius 2 is 0.505 bits per heavy atom. The summed E-state index contributed by atoms with van der Waals surface area (Å²) in [5.74, 6) is 18.7. The molecule has 0 aliphatic rings. The summed E-state index contributed by atoms with van der Waals surface area (Å²) in [6.07, 6.45) is 22.2. The van der Waals surface area contributed by atoms with Gasteiger partial charge in [-0.15, -0.1) is 0 Å². The van der Waals surface area contributed by atoms with Crippen molar-refractivity contribution in [3.05, 3.63) is 206 Å². The summed E-state index contributed by atoms with van der Waals surface area (Å²) in [6, 6.07) is 16.7. The normalized spacial score (nSPS) is 10.7. The van der Waals surface area contributed by atoms with E-state index in [1.54, 1.807) is 71.3 Å². The standard InChI is InChI=1S/C22H30O4S7.C12H10O2S2.C10H14O2S3.C10H22S5.C9H8OS.C8H10O2S2.C4H6O/c1-5-19(23)30-11-9-28-17(15-32-21(25)7-3)13-27-14-18(16-33-22(26)8-4)29-10-12-31-20(24)6-2;1-3-11(13)15-9-5-7-10(8-6-9)16-12(14)4-2;1-3-9(11)14-7-5-13-6-8-15-10(12)4-2;1-11-4-6-14-9-10(8-13-3)15-7-5-12-2;1-2-9(10)11-8-6-4-3-5-7-8;1-3-7(9)11-5-6-12-8(10)4-2;1-3-4(2)5/h5-8,17-18H,1-4,9-16H2;3-8H,1-2H2;3-4H,1-2,5-8H2;10H,4-9H2,1-3H3;2-7H,1H2;3-4H,1-2,5-6H2;3H,1H2,2H3. The summed E-state index contributed by atoms with van der Waals surface area (Å²) in [4.78, 5) is 134. The van der Waals surface area contributed by atoms with Crippen LogP contribution >= 0.6 is 235 Å². The molecule has 0 saturated heterocycles. The zero-order valence-corrected chi connectivity index (χ0v) is 77.4. The smallest absolute Gasteiger partial charge is 0.216 e. The van der Waals surface area contributed by atoms with Crippen LogP contribution in [0.4, 0.5) is 0 Å². The maximum atomic E-state index is 11.6. The molecule has 0 bridgehead atoms. The molecule has 0 aliphatic carbocycles. The van der Waals surface area contributed by atoms with Crippen LogP contribution < -0.4 is 0 Å². The summed E-state index contributed by atoms with van der Waals surface area (Å²) in [5.41, 5.74) is 0. The molecule has 0 aromatic heterocycles. The van der Waals surface area contributed by atoms with Crippen molar-refractivity contribution < 1.29 is 57.5 Å². The zero-order valence-electron chi connectivity index (χ0n) is 61.0. The Morgan fingerprint density at radius 3 is 0.794 bits per heavy atom. The fourth-order valence-electron chi connectivity index (χ4n) is 5.47. The van der Waals surface area contributed by atoms with E-state index in [9.17, 15) is 57.5 Å². The lowest BCUT2D eigenvalue weighted by atomic mass is 10.4. The van der Waals surface area contributed by atoms with Crippen LogP contribution in [0, 0.1) is 0 Å². The van der Waals surface area contributed by atoms with Gasteiger partial charge in [0.25, 0.3) is 0 Å². The number of hydrogen-bond donors (Lipinski definition) is 0. The van der Waals surface area contributed by atoms with Crippen molar-refractivity contribution >= 4 is 297 Å². The lowest BCUT2D eigenvalue weighted by Crippen LogP contribution is -2.17. The van der Waals surface area contributed by atoms with Gasteiger partial charge in [0, 0.05) is 145 Å². The highest BCUT2D eigenvalue weighted by molar-refractivity contribution is 8.19. The minimum absolute atomic E-state index is 0.0174. The Hall–Kier alpha value is -1.64. The van der Waals surface area contributed by atoms with Crippen molar-refractivity contribution in [2.45, 2.75) is 37.4 Å². The van der Waals surface area contributed by atoms with Gasteiger partial charge in [0.2, 0.25) is 56.3 Å². The number of benzene rings is 2. The van der Waals surface area contributed by atoms with E-state index in [0.717, 1.165) is 113 Å². The van der Waals surface area contributed by atoms with Gasteiger partial charge in [-0.05, 0) is 170 Å². The van der Waals surface area contributed by atoms with E-state index in [4.69, 9.17) is 0 Å². The van der Waals surface area contributed by atoms with Crippen molar-refractivity contribution in [2.24, 2.45) is 0 Å². The van der Waals surface area contributed by atoms with Gasteiger partial charge < -0.3 is 0 Å². The van der Waals surface area contributed by atoms with Crippen LogP contribution in [0.3, 0.4) is 0 Å². The largest absolute Gasteiger partial charge is 0.295 e. The molecule has 3 unspecified atom stereocenters. The molecule has 3 atom stereocenters. The zero-order chi connectivity index (χ0) is 81.5. The van der Waals surface area contributed by atoms with Gasteiger partial charge in [-0.2, -0.15) is 106 Å². The minimum atomic E-state index is -0.0948. The lowest BCUT2D eigenvalue weighted by molar-refractivity contribution is -0.113. The van der Waals surface area contributed by atoms with Crippen LogP contribution in [0.5, 0.6) is 0 Å². The van der Waals surface area contributed by atoms with E-state index < -0.39 is 0 Å². The molecule has 2 rings (SSSR count). The summed E-state index contributed by atoms with van der Waals surface area (Å²) in [7, 11) is 0. The third kappa shape index (κ3) is 85.1. The number of rotatable bonds is 51. The summed E-state index contributed by atoms with van der Waals surface area (Å²) < 4.78 is 0. The molecular weight excluding hydrogens is 1730 g/mol. The number of carbonyl (C=O) groups excluding carboxylic acids is 12.